The second-order valence-electron chi connectivity index (χ2n) is 5.27. The predicted octanol–water partition coefficient (Wildman–Crippen LogP) is 0.129. The molecule has 0 aliphatic heterocycles. The molecule has 7 heteroatoms. The molecule has 0 fully saturated rings. The number of rotatable bonds is 6. The minimum atomic E-state index is -1.21. The Morgan fingerprint density at radius 2 is 1.74 bits per heavy atom. The molecule has 6 nitrogen and oxygen atoms in total. The average molecular weight is 268 g/mol. The molecule has 2 N–H and O–H groups in total. The van der Waals surface area contributed by atoms with Crippen molar-refractivity contribution in [2.24, 2.45) is 0 Å². The highest BCUT2D eigenvalue weighted by Crippen LogP contribution is 2.25. The van der Waals surface area contributed by atoms with Gasteiger partial charge in [0.05, 0.1) is 17.8 Å². The molecule has 1 rings (SSSR count). The summed E-state index contributed by atoms with van der Waals surface area (Å²) in [5.74, 6) is 0. The lowest BCUT2D eigenvalue weighted by Crippen LogP contribution is -2.53. The number of nitrogens with zero attached hydrogens (tertiary/aromatic N) is 2. The van der Waals surface area contributed by atoms with Gasteiger partial charge < -0.3 is 19.5 Å². The zero-order valence-corrected chi connectivity index (χ0v) is 12.0. The molecule has 1 heterocycles. The van der Waals surface area contributed by atoms with Crippen molar-refractivity contribution >= 4 is 12.6 Å². The zero-order chi connectivity index (χ0) is 14.7. The topological polar surface area (TPSA) is 84.7 Å². The van der Waals surface area contributed by atoms with Crippen molar-refractivity contribution < 1.29 is 19.5 Å². The molecule has 106 valence electrons. The lowest BCUT2D eigenvalue weighted by atomic mass is 9.78. The van der Waals surface area contributed by atoms with E-state index in [0.29, 0.717) is 12.1 Å². The summed E-state index contributed by atoms with van der Waals surface area (Å²) < 4.78 is 10.6. The first-order valence-electron chi connectivity index (χ1n) is 6.20. The van der Waals surface area contributed by atoms with E-state index in [9.17, 15) is 10.1 Å². The van der Waals surface area contributed by atoms with Crippen molar-refractivity contribution in [3.8, 4) is 6.01 Å². The summed E-state index contributed by atoms with van der Waals surface area (Å²) >= 11 is 0. The molecule has 0 spiro atoms. The molecular weight excluding hydrogens is 247 g/mol. The second kappa shape index (κ2) is 5.86. The van der Waals surface area contributed by atoms with Gasteiger partial charge in [0.1, 0.15) is 0 Å². The summed E-state index contributed by atoms with van der Waals surface area (Å²) in [5.41, 5.74) is -1.62. The molecule has 0 bridgehead atoms. The van der Waals surface area contributed by atoms with Crippen molar-refractivity contribution in [1.29, 1.82) is 0 Å². The summed E-state index contributed by atoms with van der Waals surface area (Å²) in [4.78, 5) is 7.89. The van der Waals surface area contributed by atoms with E-state index in [1.165, 1.54) is 12.4 Å². The highest BCUT2D eigenvalue weighted by atomic mass is 16.5. The number of hydrogen-bond acceptors (Lipinski definition) is 6. The van der Waals surface area contributed by atoms with Crippen LogP contribution < -0.4 is 10.2 Å². The molecule has 0 saturated carbocycles. The van der Waals surface area contributed by atoms with Gasteiger partial charge in [-0.15, -0.1) is 0 Å². The highest BCUT2D eigenvalue weighted by Gasteiger charge is 2.39. The monoisotopic (exact) mass is 268 g/mol. The summed E-state index contributed by atoms with van der Waals surface area (Å²) in [5, 5.41) is 20.0. The van der Waals surface area contributed by atoms with Crippen LogP contribution in [0.5, 0.6) is 6.01 Å². The zero-order valence-electron chi connectivity index (χ0n) is 12.0. The molecule has 0 amide bonds. The van der Waals surface area contributed by atoms with Crippen molar-refractivity contribution in [3.05, 3.63) is 12.4 Å². The molecule has 0 aliphatic carbocycles. The predicted molar refractivity (Wildman–Crippen MR) is 72.3 cm³/mol. The Morgan fingerprint density at radius 3 is 2.16 bits per heavy atom. The van der Waals surface area contributed by atoms with E-state index in [-0.39, 0.29) is 6.01 Å². The van der Waals surface area contributed by atoms with E-state index in [2.05, 4.69) is 9.97 Å². The van der Waals surface area contributed by atoms with Gasteiger partial charge in [0.15, 0.2) is 0 Å². The van der Waals surface area contributed by atoms with E-state index >= 15 is 0 Å². The number of aliphatic hydroxyl groups is 1. The van der Waals surface area contributed by atoms with Gasteiger partial charge in [0, 0.05) is 17.9 Å². The molecule has 0 atom stereocenters. The molecule has 0 aliphatic rings. The Kier molecular flexibility index (Phi) is 4.89. The smallest absolute Gasteiger partial charge is 0.464 e. The second-order valence-corrected chi connectivity index (χ2v) is 5.27. The fraction of sp³-hybridized carbons (Fsp3) is 0.667. The molecular formula is C12H21BN2O4. The summed E-state index contributed by atoms with van der Waals surface area (Å²) in [6.07, 6.45) is 2.87. The van der Waals surface area contributed by atoms with Crippen LogP contribution in [0.1, 0.15) is 34.6 Å². The maximum absolute atomic E-state index is 9.99. The number of hydrogen-bond donors (Lipinski definition) is 2. The van der Waals surface area contributed by atoms with Gasteiger partial charge >= 0.3 is 13.1 Å². The molecule has 1 aromatic heterocycles. The average Bonchev–Trinajstić information content (AvgIpc) is 2.28. The van der Waals surface area contributed by atoms with Gasteiger partial charge in [-0.2, -0.15) is 0 Å². The summed E-state index contributed by atoms with van der Waals surface area (Å²) in [6.45, 7) is 8.95. The standard InChI is InChI=1S/C12H21BN2O4/c1-6-18-10-14-7-9(8-15-10)13(17)19-12(4,5)11(2,3)16/h7-8,16-17H,6H2,1-5H3. The Balaban J connectivity index is 2.75. The molecule has 19 heavy (non-hydrogen) atoms. The fourth-order valence-corrected chi connectivity index (χ4v) is 1.15. The van der Waals surface area contributed by atoms with E-state index in [1.807, 2.05) is 6.92 Å². The number of aromatic nitrogens is 2. The van der Waals surface area contributed by atoms with E-state index in [0.717, 1.165) is 0 Å². The molecule has 0 unspecified atom stereocenters. The van der Waals surface area contributed by atoms with Gasteiger partial charge in [-0.25, -0.2) is 9.97 Å². The summed E-state index contributed by atoms with van der Waals surface area (Å²) in [6, 6.07) is 0.250. The first-order chi connectivity index (χ1) is 8.67. The van der Waals surface area contributed by atoms with Crippen molar-refractivity contribution in [3.63, 3.8) is 0 Å². The lowest BCUT2D eigenvalue weighted by molar-refractivity contribution is -0.0982. The molecule has 0 aromatic carbocycles. The van der Waals surface area contributed by atoms with Crippen molar-refractivity contribution in [2.75, 3.05) is 6.61 Å². The van der Waals surface area contributed by atoms with E-state index < -0.39 is 18.3 Å². The maximum atomic E-state index is 9.99. The van der Waals surface area contributed by atoms with Crippen molar-refractivity contribution in [1.82, 2.24) is 9.97 Å². The third kappa shape index (κ3) is 4.16. The normalized spacial score (nSPS) is 12.4. The van der Waals surface area contributed by atoms with Gasteiger partial charge in [0.2, 0.25) is 0 Å². The quantitative estimate of drug-likeness (QED) is 0.713. The van der Waals surface area contributed by atoms with Crippen LogP contribution in [0.3, 0.4) is 0 Å². The van der Waals surface area contributed by atoms with Gasteiger partial charge in [0.25, 0.3) is 0 Å². The minimum absolute atomic E-state index is 0.250. The van der Waals surface area contributed by atoms with Crippen LogP contribution in [-0.4, -0.2) is 45.0 Å². The Morgan fingerprint density at radius 1 is 1.21 bits per heavy atom. The van der Waals surface area contributed by atoms with Gasteiger partial charge in [-0.1, -0.05) is 0 Å². The van der Waals surface area contributed by atoms with Gasteiger partial charge in [-0.3, -0.25) is 0 Å². The fourth-order valence-electron chi connectivity index (χ4n) is 1.15. The number of ether oxygens (including phenoxy) is 1. The van der Waals surface area contributed by atoms with Crippen LogP contribution in [0.25, 0.3) is 0 Å². The molecule has 0 saturated heterocycles. The largest absolute Gasteiger partial charge is 0.494 e. The SMILES string of the molecule is CCOc1ncc(B(O)OC(C)(C)C(C)(C)O)cn1. The summed E-state index contributed by atoms with van der Waals surface area (Å²) in [7, 11) is -1.21. The molecule has 1 aromatic rings. The third-order valence-corrected chi connectivity index (χ3v) is 3.09. The highest BCUT2D eigenvalue weighted by molar-refractivity contribution is 6.59. The Hall–Kier alpha value is -1.18. The van der Waals surface area contributed by atoms with Gasteiger partial charge in [-0.05, 0) is 34.6 Å². The van der Waals surface area contributed by atoms with Crippen LogP contribution in [0.2, 0.25) is 0 Å². The lowest BCUT2D eigenvalue weighted by Gasteiger charge is -2.38. The first-order valence-corrected chi connectivity index (χ1v) is 6.20. The molecule has 0 radical (unpaired) electrons. The van der Waals surface area contributed by atoms with E-state index in [1.54, 1.807) is 27.7 Å². The first kappa shape index (κ1) is 15.9. The van der Waals surface area contributed by atoms with E-state index in [4.69, 9.17) is 9.39 Å². The maximum Gasteiger partial charge on any atom is 0.494 e. The Bertz CT molecular complexity index is 403. The minimum Gasteiger partial charge on any atom is -0.464 e. The van der Waals surface area contributed by atoms with Crippen LogP contribution >= 0.6 is 0 Å². The van der Waals surface area contributed by atoms with Crippen LogP contribution in [0.15, 0.2) is 12.4 Å². The van der Waals surface area contributed by atoms with Crippen LogP contribution in [-0.2, 0) is 4.65 Å². The van der Waals surface area contributed by atoms with Crippen LogP contribution in [0, 0.1) is 0 Å². The third-order valence-electron chi connectivity index (χ3n) is 3.09. The Labute approximate surface area is 113 Å². The van der Waals surface area contributed by atoms with Crippen molar-refractivity contribution in [2.45, 2.75) is 45.8 Å². The van der Waals surface area contributed by atoms with Crippen LogP contribution in [0.4, 0.5) is 0 Å².